The first kappa shape index (κ1) is 15.5. The van der Waals surface area contributed by atoms with Crippen LogP contribution in [0.25, 0.3) is 0 Å². The number of anilines is 1. The fourth-order valence-corrected chi connectivity index (χ4v) is 2.44. The molecule has 1 atom stereocenters. The highest BCUT2D eigenvalue weighted by atomic mass is 19.1. The maximum absolute atomic E-state index is 13.7. The summed E-state index contributed by atoms with van der Waals surface area (Å²) in [6, 6.07) is 2.29. The zero-order valence-electron chi connectivity index (χ0n) is 12.4. The lowest BCUT2D eigenvalue weighted by molar-refractivity contribution is -0.384. The summed E-state index contributed by atoms with van der Waals surface area (Å²) in [5, 5.41) is 11.2. The van der Waals surface area contributed by atoms with E-state index in [1.165, 1.54) is 13.2 Å². The van der Waals surface area contributed by atoms with E-state index in [9.17, 15) is 14.5 Å². The molecule has 1 aliphatic heterocycles. The smallest absolute Gasteiger partial charge is 0.295 e. The molecule has 0 radical (unpaired) electrons. The molecule has 0 bridgehead atoms. The first-order chi connectivity index (χ1) is 9.90. The van der Waals surface area contributed by atoms with Crippen molar-refractivity contribution in [1.82, 2.24) is 0 Å². The number of methoxy groups -OCH3 is 1. The summed E-state index contributed by atoms with van der Waals surface area (Å²) in [7, 11) is 1.34. The van der Waals surface area contributed by atoms with E-state index in [1.807, 2.05) is 18.7 Å². The molecule has 1 heterocycles. The number of hydrogen-bond acceptors (Lipinski definition) is 5. The molecule has 0 amide bonds. The van der Waals surface area contributed by atoms with Crippen molar-refractivity contribution >= 4 is 11.4 Å². The van der Waals surface area contributed by atoms with Gasteiger partial charge in [-0.1, -0.05) is 6.92 Å². The molecule has 21 heavy (non-hydrogen) atoms. The maximum Gasteiger partial charge on any atom is 0.295 e. The Hall–Kier alpha value is -1.89. The molecule has 0 spiro atoms. The highest BCUT2D eigenvalue weighted by Gasteiger charge is 2.33. The topological polar surface area (TPSA) is 64.8 Å². The molecule has 0 aromatic heterocycles. The standard InChI is InChI=1S/C14H19FN2O4/c1-4-14(2)9-16(5-6-21-14)11-8-13(20-3)10(15)7-12(11)17(18)19/h7-8H,4-6,9H2,1-3H3. The number of nitrogens with zero attached hydrogens (tertiary/aromatic N) is 2. The Kier molecular flexibility index (Phi) is 4.32. The third-order valence-electron chi connectivity index (χ3n) is 3.87. The fraction of sp³-hybridized carbons (Fsp3) is 0.571. The van der Waals surface area contributed by atoms with Crippen LogP contribution >= 0.6 is 0 Å². The number of morpholine rings is 1. The van der Waals surface area contributed by atoms with Crippen LogP contribution in [0.2, 0.25) is 0 Å². The van der Waals surface area contributed by atoms with Gasteiger partial charge in [0.1, 0.15) is 5.69 Å². The second kappa shape index (κ2) is 5.85. The van der Waals surface area contributed by atoms with Crippen molar-refractivity contribution < 1.29 is 18.8 Å². The molecule has 1 aliphatic rings. The van der Waals surface area contributed by atoms with Crippen LogP contribution in [-0.2, 0) is 4.74 Å². The van der Waals surface area contributed by atoms with Crippen molar-refractivity contribution in [2.75, 3.05) is 31.7 Å². The second-order valence-corrected chi connectivity index (χ2v) is 5.31. The Morgan fingerprint density at radius 1 is 1.57 bits per heavy atom. The van der Waals surface area contributed by atoms with Crippen LogP contribution in [0.1, 0.15) is 20.3 Å². The SMILES string of the molecule is CCC1(C)CN(c2cc(OC)c(F)cc2[N+](=O)[O-])CCO1. The van der Waals surface area contributed by atoms with Crippen LogP contribution in [0.3, 0.4) is 0 Å². The minimum atomic E-state index is -0.737. The van der Waals surface area contributed by atoms with Crippen molar-refractivity contribution in [3.63, 3.8) is 0 Å². The summed E-state index contributed by atoms with van der Waals surface area (Å²) in [4.78, 5) is 12.5. The summed E-state index contributed by atoms with van der Waals surface area (Å²) in [6.45, 7) is 5.47. The third kappa shape index (κ3) is 3.07. The van der Waals surface area contributed by atoms with Gasteiger partial charge in [-0.15, -0.1) is 0 Å². The minimum absolute atomic E-state index is 0.000272. The Balaban J connectivity index is 2.44. The van der Waals surface area contributed by atoms with Crippen LogP contribution in [0, 0.1) is 15.9 Å². The number of rotatable bonds is 4. The van der Waals surface area contributed by atoms with E-state index in [-0.39, 0.29) is 17.0 Å². The predicted octanol–water partition coefficient (Wildman–Crippen LogP) is 2.75. The molecule has 0 saturated carbocycles. The van der Waals surface area contributed by atoms with Gasteiger partial charge in [-0.3, -0.25) is 10.1 Å². The van der Waals surface area contributed by atoms with Crippen molar-refractivity contribution in [2.45, 2.75) is 25.9 Å². The molecular formula is C14H19FN2O4. The van der Waals surface area contributed by atoms with E-state index in [0.29, 0.717) is 25.4 Å². The molecular weight excluding hydrogens is 279 g/mol. The highest BCUT2D eigenvalue weighted by Crippen LogP contribution is 2.36. The van der Waals surface area contributed by atoms with Gasteiger partial charge in [-0.05, 0) is 13.3 Å². The lowest BCUT2D eigenvalue weighted by atomic mass is 10.0. The van der Waals surface area contributed by atoms with Gasteiger partial charge in [-0.2, -0.15) is 0 Å². The second-order valence-electron chi connectivity index (χ2n) is 5.31. The van der Waals surface area contributed by atoms with Gasteiger partial charge in [0.05, 0.1) is 30.3 Å². The first-order valence-corrected chi connectivity index (χ1v) is 6.81. The number of halogens is 1. The van der Waals surface area contributed by atoms with Gasteiger partial charge in [0, 0.05) is 19.2 Å². The summed E-state index contributed by atoms with van der Waals surface area (Å²) in [5.74, 6) is -0.736. The Labute approximate surface area is 122 Å². The highest BCUT2D eigenvalue weighted by molar-refractivity contribution is 5.66. The number of benzene rings is 1. The van der Waals surface area contributed by atoms with Crippen molar-refractivity contribution in [1.29, 1.82) is 0 Å². The van der Waals surface area contributed by atoms with Crippen LogP contribution in [0.15, 0.2) is 12.1 Å². The first-order valence-electron chi connectivity index (χ1n) is 6.81. The van der Waals surface area contributed by atoms with Gasteiger partial charge < -0.3 is 14.4 Å². The predicted molar refractivity (Wildman–Crippen MR) is 76.5 cm³/mol. The van der Waals surface area contributed by atoms with E-state index in [4.69, 9.17) is 9.47 Å². The van der Waals surface area contributed by atoms with Crippen LogP contribution < -0.4 is 9.64 Å². The molecule has 1 unspecified atom stereocenters. The Bertz CT molecular complexity index is 552. The summed E-state index contributed by atoms with van der Waals surface area (Å²) >= 11 is 0. The number of nitro groups is 1. The zero-order valence-corrected chi connectivity index (χ0v) is 12.4. The number of ether oxygens (including phenoxy) is 2. The molecule has 116 valence electrons. The van der Waals surface area contributed by atoms with E-state index < -0.39 is 10.7 Å². The van der Waals surface area contributed by atoms with Gasteiger partial charge in [-0.25, -0.2) is 4.39 Å². The molecule has 1 aromatic carbocycles. The van der Waals surface area contributed by atoms with Gasteiger partial charge >= 0.3 is 0 Å². The van der Waals surface area contributed by atoms with Crippen molar-refractivity contribution in [2.24, 2.45) is 0 Å². The molecule has 2 rings (SSSR count). The molecule has 0 aliphatic carbocycles. The maximum atomic E-state index is 13.7. The molecule has 7 heteroatoms. The molecule has 1 fully saturated rings. The number of hydrogen-bond donors (Lipinski definition) is 0. The monoisotopic (exact) mass is 298 g/mol. The average molecular weight is 298 g/mol. The Morgan fingerprint density at radius 2 is 2.29 bits per heavy atom. The van der Waals surface area contributed by atoms with Gasteiger partial charge in [0.15, 0.2) is 11.6 Å². The molecule has 1 aromatic rings. The van der Waals surface area contributed by atoms with Crippen LogP contribution in [-0.4, -0.2) is 37.3 Å². The van der Waals surface area contributed by atoms with Crippen molar-refractivity contribution in [3.8, 4) is 5.75 Å². The van der Waals surface area contributed by atoms with Crippen LogP contribution in [0.5, 0.6) is 5.75 Å². The largest absolute Gasteiger partial charge is 0.494 e. The lowest BCUT2D eigenvalue weighted by Crippen LogP contribution is -2.50. The third-order valence-corrected chi connectivity index (χ3v) is 3.87. The quantitative estimate of drug-likeness (QED) is 0.631. The fourth-order valence-electron chi connectivity index (χ4n) is 2.44. The Morgan fingerprint density at radius 3 is 2.86 bits per heavy atom. The normalized spacial score (nSPS) is 22.2. The van der Waals surface area contributed by atoms with E-state index in [0.717, 1.165) is 12.5 Å². The van der Waals surface area contributed by atoms with Crippen molar-refractivity contribution in [3.05, 3.63) is 28.1 Å². The summed E-state index contributed by atoms with van der Waals surface area (Å²) < 4.78 is 24.4. The number of nitro benzene ring substituents is 1. The van der Waals surface area contributed by atoms with Crippen LogP contribution in [0.4, 0.5) is 15.8 Å². The van der Waals surface area contributed by atoms with E-state index in [1.54, 1.807) is 0 Å². The molecule has 1 saturated heterocycles. The molecule has 0 N–H and O–H groups in total. The van der Waals surface area contributed by atoms with E-state index >= 15 is 0 Å². The van der Waals surface area contributed by atoms with Gasteiger partial charge in [0.25, 0.3) is 5.69 Å². The zero-order chi connectivity index (χ0) is 15.6. The summed E-state index contributed by atoms with van der Waals surface area (Å²) in [5.41, 5.74) is -0.261. The minimum Gasteiger partial charge on any atom is -0.494 e. The van der Waals surface area contributed by atoms with Gasteiger partial charge in [0.2, 0.25) is 0 Å². The molecule has 6 nitrogen and oxygen atoms in total. The summed E-state index contributed by atoms with van der Waals surface area (Å²) in [6.07, 6.45) is 0.787. The lowest BCUT2D eigenvalue weighted by Gasteiger charge is -2.41. The average Bonchev–Trinajstić information content (AvgIpc) is 2.47. The van der Waals surface area contributed by atoms with E-state index in [2.05, 4.69) is 0 Å².